The first-order chi connectivity index (χ1) is 12.2. The number of methoxy groups -OCH3 is 2. The number of nitrogens with one attached hydrogen (secondary N) is 1. The summed E-state index contributed by atoms with van der Waals surface area (Å²) in [7, 11) is 2.26. The van der Waals surface area contributed by atoms with E-state index in [0.29, 0.717) is 18.4 Å². The van der Waals surface area contributed by atoms with Gasteiger partial charge >= 0.3 is 12.3 Å². The lowest BCUT2D eigenvalue weighted by Gasteiger charge is -2.18. The van der Waals surface area contributed by atoms with Gasteiger partial charge in [-0.05, 0) is 24.1 Å². The maximum Gasteiger partial charge on any atom is 0.573 e. The standard InChI is InChI=1S/C16H20F3NO6/c1-4-5-9-6-10(14(22)20-11(8-21)15(23)25-3)7-12(13(9)24-2)26-16(17,18)19/h6-7,11,21H,4-5,8H2,1-3H3,(H,20,22)/t11-/m1/s1. The third-order valence-electron chi connectivity index (χ3n) is 3.32. The highest BCUT2D eigenvalue weighted by Crippen LogP contribution is 2.37. The second-order valence-electron chi connectivity index (χ2n) is 5.20. The lowest BCUT2D eigenvalue weighted by atomic mass is 10.0. The van der Waals surface area contributed by atoms with Crippen molar-refractivity contribution in [1.82, 2.24) is 5.32 Å². The monoisotopic (exact) mass is 379 g/mol. The van der Waals surface area contributed by atoms with Crippen molar-refractivity contribution < 1.29 is 42.1 Å². The van der Waals surface area contributed by atoms with Crippen molar-refractivity contribution in [1.29, 1.82) is 0 Å². The number of aliphatic hydroxyl groups excluding tert-OH is 1. The van der Waals surface area contributed by atoms with E-state index in [-0.39, 0.29) is 11.3 Å². The number of amides is 1. The smallest absolute Gasteiger partial charge is 0.493 e. The van der Waals surface area contributed by atoms with Gasteiger partial charge in [0.15, 0.2) is 17.5 Å². The summed E-state index contributed by atoms with van der Waals surface area (Å²) >= 11 is 0. The average Bonchev–Trinajstić information content (AvgIpc) is 2.57. The van der Waals surface area contributed by atoms with Crippen LogP contribution in [0.3, 0.4) is 0 Å². The normalized spacial score (nSPS) is 12.3. The number of esters is 1. The Balaban J connectivity index is 3.28. The molecular formula is C16H20F3NO6. The van der Waals surface area contributed by atoms with Crippen LogP contribution in [0.15, 0.2) is 12.1 Å². The second-order valence-corrected chi connectivity index (χ2v) is 5.20. The number of halogens is 3. The molecule has 0 unspecified atom stereocenters. The molecule has 0 saturated carbocycles. The molecule has 0 spiro atoms. The third-order valence-corrected chi connectivity index (χ3v) is 3.32. The molecule has 0 heterocycles. The highest BCUT2D eigenvalue weighted by atomic mass is 19.4. The van der Waals surface area contributed by atoms with Gasteiger partial charge in [0.1, 0.15) is 0 Å². The first-order valence-corrected chi connectivity index (χ1v) is 7.63. The van der Waals surface area contributed by atoms with Gasteiger partial charge in [-0.25, -0.2) is 4.79 Å². The molecular weight excluding hydrogens is 359 g/mol. The van der Waals surface area contributed by atoms with Gasteiger partial charge in [-0.1, -0.05) is 13.3 Å². The number of alkyl halides is 3. The summed E-state index contributed by atoms with van der Waals surface area (Å²) in [6.45, 7) is 1.07. The zero-order chi connectivity index (χ0) is 19.9. The summed E-state index contributed by atoms with van der Waals surface area (Å²) in [6, 6.07) is 0.843. The number of aryl methyl sites for hydroxylation is 1. The highest BCUT2D eigenvalue weighted by molar-refractivity contribution is 5.97. The summed E-state index contributed by atoms with van der Waals surface area (Å²) in [5.74, 6) is -2.57. The average molecular weight is 379 g/mol. The molecule has 0 aromatic heterocycles. The predicted molar refractivity (Wildman–Crippen MR) is 84.0 cm³/mol. The van der Waals surface area contributed by atoms with Crippen molar-refractivity contribution in [3.63, 3.8) is 0 Å². The second kappa shape index (κ2) is 9.27. The maximum absolute atomic E-state index is 12.7. The number of benzene rings is 1. The van der Waals surface area contributed by atoms with E-state index in [1.165, 1.54) is 13.2 Å². The first kappa shape index (κ1) is 21.6. The van der Waals surface area contributed by atoms with E-state index in [4.69, 9.17) is 9.84 Å². The van der Waals surface area contributed by atoms with Gasteiger partial charge in [-0.3, -0.25) is 4.79 Å². The van der Waals surface area contributed by atoms with Crippen molar-refractivity contribution in [2.24, 2.45) is 0 Å². The molecule has 0 radical (unpaired) electrons. The van der Waals surface area contributed by atoms with Gasteiger partial charge in [-0.15, -0.1) is 13.2 Å². The van der Waals surface area contributed by atoms with Gasteiger partial charge in [0.25, 0.3) is 5.91 Å². The van der Waals surface area contributed by atoms with Crippen molar-refractivity contribution in [3.8, 4) is 11.5 Å². The SMILES string of the molecule is CCCc1cc(C(=O)N[C@H](CO)C(=O)OC)cc(OC(F)(F)F)c1OC. The summed E-state index contributed by atoms with van der Waals surface area (Å²) in [4.78, 5) is 23.7. The molecule has 0 saturated heterocycles. The third kappa shape index (κ3) is 5.80. The van der Waals surface area contributed by atoms with Gasteiger partial charge in [0, 0.05) is 5.56 Å². The molecule has 7 nitrogen and oxygen atoms in total. The Kier molecular flexibility index (Phi) is 7.69. The lowest BCUT2D eigenvalue weighted by Crippen LogP contribution is -2.44. The predicted octanol–water partition coefficient (Wildman–Crippen LogP) is 1.81. The summed E-state index contributed by atoms with van der Waals surface area (Å²) < 4.78 is 51.3. The van der Waals surface area contributed by atoms with Gasteiger partial charge < -0.3 is 24.6 Å². The molecule has 146 valence electrons. The van der Waals surface area contributed by atoms with Crippen LogP contribution in [0.1, 0.15) is 29.3 Å². The van der Waals surface area contributed by atoms with Crippen molar-refractivity contribution >= 4 is 11.9 Å². The zero-order valence-corrected chi connectivity index (χ0v) is 14.5. The molecule has 1 amide bonds. The summed E-state index contributed by atoms with van der Waals surface area (Å²) in [5.41, 5.74) is 0.149. The van der Waals surface area contributed by atoms with Crippen LogP contribution in [0.2, 0.25) is 0 Å². The van der Waals surface area contributed by atoms with Crippen molar-refractivity contribution in [3.05, 3.63) is 23.3 Å². The highest BCUT2D eigenvalue weighted by Gasteiger charge is 2.34. The number of rotatable bonds is 8. The molecule has 0 aliphatic carbocycles. The maximum atomic E-state index is 12.7. The Morgan fingerprint density at radius 3 is 2.38 bits per heavy atom. The van der Waals surface area contributed by atoms with Crippen molar-refractivity contribution in [2.75, 3.05) is 20.8 Å². The lowest BCUT2D eigenvalue weighted by molar-refractivity contribution is -0.275. The van der Waals surface area contributed by atoms with Gasteiger partial charge in [0.05, 0.1) is 20.8 Å². The van der Waals surface area contributed by atoms with Crippen LogP contribution >= 0.6 is 0 Å². The Labute approximate surface area is 148 Å². The van der Waals surface area contributed by atoms with Crippen LogP contribution < -0.4 is 14.8 Å². The molecule has 2 N–H and O–H groups in total. The molecule has 0 aliphatic heterocycles. The van der Waals surface area contributed by atoms with Crippen LogP contribution in [-0.2, 0) is 16.0 Å². The van der Waals surface area contributed by atoms with E-state index in [1.54, 1.807) is 6.92 Å². The molecule has 26 heavy (non-hydrogen) atoms. The minimum atomic E-state index is -4.98. The summed E-state index contributed by atoms with van der Waals surface area (Å²) in [5, 5.41) is 11.3. The van der Waals surface area contributed by atoms with E-state index >= 15 is 0 Å². The molecule has 0 fully saturated rings. The number of carbonyl (C=O) groups is 2. The van der Waals surface area contributed by atoms with Crippen LogP contribution in [0.4, 0.5) is 13.2 Å². The largest absolute Gasteiger partial charge is 0.573 e. The fraction of sp³-hybridized carbons (Fsp3) is 0.500. The van der Waals surface area contributed by atoms with E-state index in [0.717, 1.165) is 13.2 Å². The fourth-order valence-electron chi connectivity index (χ4n) is 2.24. The fourth-order valence-corrected chi connectivity index (χ4v) is 2.24. The van der Waals surface area contributed by atoms with Crippen molar-refractivity contribution in [2.45, 2.75) is 32.2 Å². The molecule has 1 atom stereocenters. The number of carbonyl (C=O) groups excluding carboxylic acids is 2. The number of hydrogen-bond donors (Lipinski definition) is 2. The Morgan fingerprint density at radius 2 is 1.92 bits per heavy atom. The minimum absolute atomic E-state index is 0.132. The Bertz CT molecular complexity index is 648. The molecule has 1 rings (SSSR count). The molecule has 1 aromatic rings. The molecule has 10 heteroatoms. The first-order valence-electron chi connectivity index (χ1n) is 7.63. The molecule has 1 aromatic carbocycles. The summed E-state index contributed by atoms with van der Waals surface area (Å²) in [6.07, 6.45) is -4.07. The van der Waals surface area contributed by atoms with E-state index in [9.17, 15) is 22.8 Å². The van der Waals surface area contributed by atoms with E-state index in [1.807, 2.05) is 0 Å². The number of hydrogen-bond acceptors (Lipinski definition) is 6. The van der Waals surface area contributed by atoms with E-state index in [2.05, 4.69) is 14.8 Å². The minimum Gasteiger partial charge on any atom is -0.493 e. The van der Waals surface area contributed by atoms with E-state index < -0.39 is 36.6 Å². The van der Waals surface area contributed by atoms with Crippen LogP contribution in [0.25, 0.3) is 0 Å². The van der Waals surface area contributed by atoms with Gasteiger partial charge in [-0.2, -0.15) is 0 Å². The Morgan fingerprint density at radius 1 is 1.27 bits per heavy atom. The Hall–Kier alpha value is -2.49. The molecule has 0 aliphatic rings. The zero-order valence-electron chi connectivity index (χ0n) is 14.5. The van der Waals surface area contributed by atoms with Crippen LogP contribution in [0.5, 0.6) is 11.5 Å². The number of aliphatic hydroxyl groups is 1. The quantitative estimate of drug-likeness (QED) is 0.669. The van der Waals surface area contributed by atoms with Crippen LogP contribution in [-0.4, -0.2) is 50.2 Å². The molecule has 0 bridgehead atoms. The van der Waals surface area contributed by atoms with Crippen LogP contribution in [0, 0.1) is 0 Å². The number of ether oxygens (including phenoxy) is 3. The van der Waals surface area contributed by atoms with Gasteiger partial charge in [0.2, 0.25) is 0 Å². The topological polar surface area (TPSA) is 94.1 Å².